The molecule has 0 aliphatic carbocycles. The predicted molar refractivity (Wildman–Crippen MR) is 99.9 cm³/mol. The molecule has 0 fully saturated rings. The number of ether oxygens (including phenoxy) is 2. The zero-order valence-corrected chi connectivity index (χ0v) is 14.8. The first-order chi connectivity index (χ1) is 12.2. The van der Waals surface area contributed by atoms with E-state index in [0.717, 1.165) is 34.1 Å². The van der Waals surface area contributed by atoms with Gasteiger partial charge in [0.25, 0.3) is 0 Å². The summed E-state index contributed by atoms with van der Waals surface area (Å²) in [5.74, 6) is 1.66. The summed E-state index contributed by atoms with van der Waals surface area (Å²) in [7, 11) is 1.65. The zero-order chi connectivity index (χ0) is 17.4. The molecule has 0 saturated carbocycles. The molecule has 0 aromatic heterocycles. The molecule has 2 aromatic rings. The predicted octanol–water partition coefficient (Wildman–Crippen LogP) is 4.49. The van der Waals surface area contributed by atoms with Crippen molar-refractivity contribution in [2.75, 3.05) is 20.3 Å². The van der Waals surface area contributed by atoms with Gasteiger partial charge in [-0.25, -0.2) is 9.98 Å². The largest absolute Gasteiger partial charge is 0.491 e. The van der Waals surface area contributed by atoms with Crippen LogP contribution in [0.1, 0.15) is 24.1 Å². The fraction of sp³-hybridized carbons (Fsp3) is 0.263. The normalized spacial score (nSPS) is 17.5. The van der Waals surface area contributed by atoms with Gasteiger partial charge < -0.3 is 14.4 Å². The van der Waals surface area contributed by atoms with Gasteiger partial charge in [-0.15, -0.1) is 0 Å². The van der Waals surface area contributed by atoms with Crippen LogP contribution in [0.25, 0.3) is 0 Å². The number of methoxy groups -OCH3 is 1. The second kappa shape index (κ2) is 6.50. The Morgan fingerprint density at radius 1 is 1.12 bits per heavy atom. The van der Waals surface area contributed by atoms with Crippen LogP contribution in [0.3, 0.4) is 0 Å². The Bertz CT molecular complexity index is 879. The molecule has 25 heavy (non-hydrogen) atoms. The maximum Gasteiger partial charge on any atom is 0.144 e. The summed E-state index contributed by atoms with van der Waals surface area (Å²) in [6.07, 6.45) is 1.84. The molecular weight excluding hydrogens is 338 g/mol. The lowest BCUT2D eigenvalue weighted by Crippen LogP contribution is -2.37. The molecular formula is C19H18ClN3O2. The van der Waals surface area contributed by atoms with Gasteiger partial charge in [-0.2, -0.15) is 0 Å². The van der Waals surface area contributed by atoms with E-state index in [1.807, 2.05) is 42.7 Å². The van der Waals surface area contributed by atoms with Gasteiger partial charge in [0.15, 0.2) is 0 Å². The maximum absolute atomic E-state index is 6.15. The average Bonchev–Trinajstić information content (AvgIpc) is 2.61. The summed E-state index contributed by atoms with van der Waals surface area (Å²) >= 11 is 6.15. The Hall–Kier alpha value is -2.37. The molecule has 5 nitrogen and oxygen atoms in total. The van der Waals surface area contributed by atoms with Crippen LogP contribution in [-0.4, -0.2) is 37.4 Å². The van der Waals surface area contributed by atoms with E-state index in [-0.39, 0.29) is 6.04 Å². The van der Waals surface area contributed by atoms with Gasteiger partial charge in [-0.3, -0.25) is 0 Å². The van der Waals surface area contributed by atoms with E-state index in [1.165, 1.54) is 0 Å². The van der Waals surface area contributed by atoms with Gasteiger partial charge >= 0.3 is 0 Å². The van der Waals surface area contributed by atoms with E-state index in [9.17, 15) is 0 Å². The van der Waals surface area contributed by atoms with Crippen molar-refractivity contribution in [1.29, 1.82) is 0 Å². The number of amidine groups is 1. The summed E-state index contributed by atoms with van der Waals surface area (Å²) < 4.78 is 10.7. The smallest absolute Gasteiger partial charge is 0.144 e. The molecule has 4 rings (SSSR count). The van der Waals surface area contributed by atoms with Crippen LogP contribution in [0, 0.1) is 0 Å². The summed E-state index contributed by atoms with van der Waals surface area (Å²) in [6, 6.07) is 11.9. The first-order valence-corrected chi connectivity index (χ1v) is 8.52. The summed E-state index contributed by atoms with van der Waals surface area (Å²) in [5, 5.41) is 0.690. The molecule has 6 heteroatoms. The molecule has 0 radical (unpaired) electrons. The zero-order valence-electron chi connectivity index (χ0n) is 14.1. The van der Waals surface area contributed by atoms with Crippen molar-refractivity contribution in [1.82, 2.24) is 4.90 Å². The third-order valence-electron chi connectivity index (χ3n) is 4.42. The second-order valence-electron chi connectivity index (χ2n) is 5.99. The van der Waals surface area contributed by atoms with Gasteiger partial charge in [-0.05, 0) is 31.2 Å². The van der Waals surface area contributed by atoms with Crippen LogP contribution in [0.4, 0.5) is 11.4 Å². The van der Waals surface area contributed by atoms with Crippen molar-refractivity contribution < 1.29 is 9.47 Å². The van der Waals surface area contributed by atoms with Gasteiger partial charge in [0, 0.05) is 29.3 Å². The van der Waals surface area contributed by atoms with Crippen molar-refractivity contribution in [3.63, 3.8) is 0 Å². The number of nitrogens with zero attached hydrogens (tertiary/aromatic N) is 3. The molecule has 1 unspecified atom stereocenters. The van der Waals surface area contributed by atoms with E-state index in [2.05, 4.69) is 16.8 Å². The standard InChI is InChI=1S/C19H18ClN3O2/c1-12-15-5-3-13(20)9-18(15)22-19-16-6-4-14(25-8-7-24-2)10-17(16)21-11-23(12)19/h3-6,9-12H,7-8H2,1-2H3. The van der Waals surface area contributed by atoms with E-state index in [4.69, 9.17) is 26.1 Å². The minimum atomic E-state index is 0.147. The van der Waals surface area contributed by atoms with Crippen LogP contribution in [0.5, 0.6) is 5.75 Å². The van der Waals surface area contributed by atoms with Crippen LogP contribution >= 0.6 is 11.6 Å². The molecule has 2 aliphatic heterocycles. The molecule has 1 atom stereocenters. The summed E-state index contributed by atoms with van der Waals surface area (Å²) in [5.41, 5.74) is 3.89. The van der Waals surface area contributed by atoms with Crippen molar-refractivity contribution in [2.24, 2.45) is 9.98 Å². The van der Waals surface area contributed by atoms with E-state index >= 15 is 0 Å². The highest BCUT2D eigenvalue weighted by Crippen LogP contribution is 2.40. The van der Waals surface area contributed by atoms with Crippen LogP contribution in [0.15, 0.2) is 46.4 Å². The number of hydrogen-bond donors (Lipinski definition) is 0. The topological polar surface area (TPSA) is 46.4 Å². The Balaban J connectivity index is 1.72. The first-order valence-electron chi connectivity index (χ1n) is 8.14. The Morgan fingerprint density at radius 2 is 2.00 bits per heavy atom. The Labute approximate surface area is 151 Å². The van der Waals surface area contributed by atoms with Gasteiger partial charge in [-0.1, -0.05) is 17.7 Å². The number of halogens is 1. The van der Waals surface area contributed by atoms with E-state index < -0.39 is 0 Å². The van der Waals surface area contributed by atoms with Gasteiger partial charge in [0.2, 0.25) is 0 Å². The van der Waals surface area contributed by atoms with Crippen LogP contribution in [-0.2, 0) is 4.74 Å². The Morgan fingerprint density at radius 3 is 2.84 bits per heavy atom. The second-order valence-corrected chi connectivity index (χ2v) is 6.42. The third kappa shape index (κ3) is 2.90. The van der Waals surface area contributed by atoms with Crippen molar-refractivity contribution in [3.05, 3.63) is 52.5 Å². The number of fused-ring (bicyclic) bond motifs is 4. The highest BCUT2D eigenvalue weighted by atomic mass is 35.5. The van der Waals surface area contributed by atoms with Crippen LogP contribution in [0.2, 0.25) is 5.02 Å². The molecule has 2 heterocycles. The van der Waals surface area contributed by atoms with Crippen LogP contribution < -0.4 is 4.74 Å². The van der Waals surface area contributed by atoms with Crippen molar-refractivity contribution in [2.45, 2.75) is 13.0 Å². The monoisotopic (exact) mass is 355 g/mol. The molecule has 2 aliphatic rings. The third-order valence-corrected chi connectivity index (χ3v) is 4.65. The summed E-state index contributed by atoms with van der Waals surface area (Å²) in [6.45, 7) is 3.20. The lowest BCUT2D eigenvalue weighted by Gasteiger charge is -2.35. The number of aliphatic imine (C=N–C) groups is 2. The minimum Gasteiger partial charge on any atom is -0.491 e. The number of benzene rings is 2. The highest BCUT2D eigenvalue weighted by Gasteiger charge is 2.30. The molecule has 0 amide bonds. The molecule has 0 saturated heterocycles. The minimum absolute atomic E-state index is 0.147. The lowest BCUT2D eigenvalue weighted by molar-refractivity contribution is 0.146. The number of hydrogen-bond acceptors (Lipinski definition) is 5. The average molecular weight is 356 g/mol. The summed E-state index contributed by atoms with van der Waals surface area (Å²) in [4.78, 5) is 11.5. The fourth-order valence-corrected chi connectivity index (χ4v) is 3.26. The number of rotatable bonds is 4. The van der Waals surface area contributed by atoms with Gasteiger partial charge in [0.05, 0.1) is 30.4 Å². The SMILES string of the molecule is COCCOc1ccc2c(c1)N=CN1C2=Nc2cc(Cl)ccc2C1C. The molecule has 0 N–H and O–H groups in total. The molecule has 0 bridgehead atoms. The van der Waals surface area contributed by atoms with Gasteiger partial charge in [0.1, 0.15) is 18.2 Å². The molecule has 128 valence electrons. The lowest BCUT2D eigenvalue weighted by atomic mass is 9.99. The van der Waals surface area contributed by atoms with Crippen molar-refractivity contribution >= 4 is 35.1 Å². The molecule has 0 spiro atoms. The quantitative estimate of drug-likeness (QED) is 0.759. The van der Waals surface area contributed by atoms with Crippen molar-refractivity contribution in [3.8, 4) is 5.75 Å². The highest BCUT2D eigenvalue weighted by molar-refractivity contribution is 6.31. The van der Waals surface area contributed by atoms with E-state index in [0.29, 0.717) is 18.2 Å². The Kier molecular flexibility index (Phi) is 4.19. The van der Waals surface area contributed by atoms with E-state index in [1.54, 1.807) is 7.11 Å². The maximum atomic E-state index is 6.15. The molecule has 2 aromatic carbocycles. The first kappa shape index (κ1) is 16.1. The fourth-order valence-electron chi connectivity index (χ4n) is 3.09.